The molecule has 2 N–H and O–H groups in total. The van der Waals surface area contributed by atoms with Gasteiger partial charge in [0.1, 0.15) is 0 Å². The van der Waals surface area contributed by atoms with E-state index in [0.717, 1.165) is 25.1 Å². The SMILES string of the molecule is NCC1CCN(C(=O)c2ccsc2)C1. The van der Waals surface area contributed by atoms with Crippen molar-refractivity contribution in [3.05, 3.63) is 22.4 Å². The van der Waals surface area contributed by atoms with Crippen molar-refractivity contribution in [2.75, 3.05) is 19.6 Å². The zero-order chi connectivity index (χ0) is 9.97. The molecule has 0 radical (unpaired) electrons. The Morgan fingerprint density at radius 2 is 2.57 bits per heavy atom. The van der Waals surface area contributed by atoms with Crippen LogP contribution in [0, 0.1) is 5.92 Å². The number of rotatable bonds is 2. The molecular weight excluding hydrogens is 196 g/mol. The van der Waals surface area contributed by atoms with Crippen LogP contribution in [0.15, 0.2) is 16.8 Å². The van der Waals surface area contributed by atoms with E-state index in [1.807, 2.05) is 21.7 Å². The Morgan fingerprint density at radius 3 is 3.14 bits per heavy atom. The number of carbonyl (C=O) groups is 1. The molecule has 1 unspecified atom stereocenters. The first-order chi connectivity index (χ1) is 6.81. The number of likely N-dealkylation sites (tertiary alicyclic amines) is 1. The minimum atomic E-state index is 0.155. The highest BCUT2D eigenvalue weighted by molar-refractivity contribution is 7.08. The van der Waals surface area contributed by atoms with Crippen LogP contribution in [0.4, 0.5) is 0 Å². The van der Waals surface area contributed by atoms with Gasteiger partial charge in [0.25, 0.3) is 5.91 Å². The first-order valence-corrected chi connectivity index (χ1v) is 5.77. The topological polar surface area (TPSA) is 46.3 Å². The highest BCUT2D eigenvalue weighted by atomic mass is 32.1. The Hall–Kier alpha value is -0.870. The molecule has 1 aliphatic heterocycles. The first-order valence-electron chi connectivity index (χ1n) is 4.83. The summed E-state index contributed by atoms with van der Waals surface area (Å²) in [5.41, 5.74) is 6.39. The molecule has 0 spiro atoms. The number of thiophene rings is 1. The molecule has 1 aromatic rings. The molecule has 1 aromatic heterocycles. The quantitative estimate of drug-likeness (QED) is 0.796. The third kappa shape index (κ3) is 1.81. The maximum absolute atomic E-state index is 11.9. The standard InChI is InChI=1S/C10H14N2OS/c11-5-8-1-3-12(6-8)10(13)9-2-4-14-7-9/h2,4,7-8H,1,3,5-6,11H2. The molecule has 3 nitrogen and oxygen atoms in total. The number of hydrogen-bond donors (Lipinski definition) is 1. The lowest BCUT2D eigenvalue weighted by atomic mass is 10.1. The van der Waals surface area contributed by atoms with Gasteiger partial charge >= 0.3 is 0 Å². The van der Waals surface area contributed by atoms with Crippen LogP contribution in [-0.4, -0.2) is 30.4 Å². The summed E-state index contributed by atoms with van der Waals surface area (Å²) in [6.07, 6.45) is 1.05. The first kappa shape index (κ1) is 9.68. The Balaban J connectivity index is 2.00. The van der Waals surface area contributed by atoms with Gasteiger partial charge in [-0.25, -0.2) is 0 Å². The van der Waals surface area contributed by atoms with E-state index in [0.29, 0.717) is 12.5 Å². The van der Waals surface area contributed by atoms with E-state index in [2.05, 4.69) is 0 Å². The second-order valence-corrected chi connectivity index (χ2v) is 4.43. The van der Waals surface area contributed by atoms with Gasteiger partial charge in [-0.05, 0) is 30.3 Å². The molecule has 1 amide bonds. The van der Waals surface area contributed by atoms with E-state index in [1.54, 1.807) is 11.3 Å². The van der Waals surface area contributed by atoms with Gasteiger partial charge in [0, 0.05) is 18.5 Å². The normalized spacial score (nSPS) is 21.5. The van der Waals surface area contributed by atoms with Crippen LogP contribution in [-0.2, 0) is 0 Å². The van der Waals surface area contributed by atoms with Crippen LogP contribution in [0.5, 0.6) is 0 Å². The molecular formula is C10H14N2OS. The van der Waals surface area contributed by atoms with Crippen molar-refractivity contribution in [3.63, 3.8) is 0 Å². The van der Waals surface area contributed by atoms with Crippen LogP contribution >= 0.6 is 11.3 Å². The number of carbonyl (C=O) groups excluding carboxylic acids is 1. The van der Waals surface area contributed by atoms with Crippen molar-refractivity contribution >= 4 is 17.2 Å². The molecule has 1 atom stereocenters. The van der Waals surface area contributed by atoms with E-state index < -0.39 is 0 Å². The Kier molecular flexibility index (Phi) is 2.84. The summed E-state index contributed by atoms with van der Waals surface area (Å²) in [5.74, 6) is 0.653. The van der Waals surface area contributed by atoms with Crippen molar-refractivity contribution < 1.29 is 4.79 Å². The van der Waals surface area contributed by atoms with Gasteiger partial charge in [-0.15, -0.1) is 0 Å². The maximum atomic E-state index is 11.9. The fraction of sp³-hybridized carbons (Fsp3) is 0.500. The van der Waals surface area contributed by atoms with Gasteiger partial charge in [0.2, 0.25) is 0 Å². The average molecular weight is 210 g/mol. The number of nitrogens with zero attached hydrogens (tertiary/aromatic N) is 1. The Bertz CT molecular complexity index is 310. The largest absolute Gasteiger partial charge is 0.338 e. The van der Waals surface area contributed by atoms with E-state index in [4.69, 9.17) is 5.73 Å². The lowest BCUT2D eigenvalue weighted by Crippen LogP contribution is -2.29. The van der Waals surface area contributed by atoms with Crippen molar-refractivity contribution in [1.29, 1.82) is 0 Å². The monoisotopic (exact) mass is 210 g/mol. The van der Waals surface area contributed by atoms with E-state index in [-0.39, 0.29) is 5.91 Å². The molecule has 2 rings (SSSR count). The zero-order valence-electron chi connectivity index (χ0n) is 7.98. The zero-order valence-corrected chi connectivity index (χ0v) is 8.80. The molecule has 1 fully saturated rings. The van der Waals surface area contributed by atoms with Crippen molar-refractivity contribution in [2.45, 2.75) is 6.42 Å². The van der Waals surface area contributed by atoms with Crippen molar-refractivity contribution in [2.24, 2.45) is 11.7 Å². The predicted molar refractivity (Wildman–Crippen MR) is 57.4 cm³/mol. The van der Waals surface area contributed by atoms with Crippen molar-refractivity contribution in [3.8, 4) is 0 Å². The molecule has 0 aliphatic carbocycles. The van der Waals surface area contributed by atoms with Gasteiger partial charge in [-0.2, -0.15) is 11.3 Å². The Morgan fingerprint density at radius 1 is 1.71 bits per heavy atom. The second kappa shape index (κ2) is 4.11. The molecule has 0 aromatic carbocycles. The summed E-state index contributed by atoms with van der Waals surface area (Å²) in [5, 5.41) is 3.84. The molecule has 0 saturated carbocycles. The lowest BCUT2D eigenvalue weighted by molar-refractivity contribution is 0.0788. The summed E-state index contributed by atoms with van der Waals surface area (Å²) in [6, 6.07) is 1.88. The molecule has 14 heavy (non-hydrogen) atoms. The third-order valence-corrected chi connectivity index (χ3v) is 3.36. The highest BCUT2D eigenvalue weighted by Gasteiger charge is 2.25. The van der Waals surface area contributed by atoms with Crippen LogP contribution < -0.4 is 5.73 Å². The van der Waals surface area contributed by atoms with Crippen LogP contribution in [0.3, 0.4) is 0 Å². The summed E-state index contributed by atoms with van der Waals surface area (Å²) in [4.78, 5) is 13.8. The number of hydrogen-bond acceptors (Lipinski definition) is 3. The number of nitrogens with two attached hydrogens (primary N) is 1. The minimum absolute atomic E-state index is 0.155. The average Bonchev–Trinajstić information content (AvgIpc) is 2.88. The summed E-state index contributed by atoms with van der Waals surface area (Å²) in [6.45, 7) is 2.37. The van der Waals surface area contributed by atoms with Gasteiger partial charge in [0.05, 0.1) is 5.56 Å². The molecule has 4 heteroatoms. The van der Waals surface area contributed by atoms with Crippen molar-refractivity contribution in [1.82, 2.24) is 4.90 Å². The summed E-state index contributed by atoms with van der Waals surface area (Å²) in [7, 11) is 0. The van der Waals surface area contributed by atoms with E-state index in [1.165, 1.54) is 0 Å². The van der Waals surface area contributed by atoms with E-state index >= 15 is 0 Å². The minimum Gasteiger partial charge on any atom is -0.338 e. The fourth-order valence-corrected chi connectivity index (χ4v) is 2.41. The van der Waals surface area contributed by atoms with Gasteiger partial charge in [-0.1, -0.05) is 0 Å². The summed E-state index contributed by atoms with van der Waals surface area (Å²) < 4.78 is 0. The van der Waals surface area contributed by atoms with Crippen LogP contribution in [0.25, 0.3) is 0 Å². The second-order valence-electron chi connectivity index (χ2n) is 3.65. The van der Waals surface area contributed by atoms with Crippen LogP contribution in [0.1, 0.15) is 16.8 Å². The molecule has 0 bridgehead atoms. The molecule has 76 valence electrons. The number of amides is 1. The molecule has 1 aliphatic rings. The lowest BCUT2D eigenvalue weighted by Gasteiger charge is -2.15. The van der Waals surface area contributed by atoms with Gasteiger partial charge in [0.15, 0.2) is 0 Å². The van der Waals surface area contributed by atoms with Gasteiger partial charge < -0.3 is 10.6 Å². The molecule has 2 heterocycles. The Labute approximate surface area is 87.5 Å². The predicted octanol–water partition coefficient (Wildman–Crippen LogP) is 1.17. The van der Waals surface area contributed by atoms with E-state index in [9.17, 15) is 4.79 Å². The summed E-state index contributed by atoms with van der Waals surface area (Å²) >= 11 is 1.56. The maximum Gasteiger partial charge on any atom is 0.254 e. The fourth-order valence-electron chi connectivity index (χ4n) is 1.78. The molecule has 1 saturated heterocycles. The smallest absolute Gasteiger partial charge is 0.254 e. The van der Waals surface area contributed by atoms with Crippen LogP contribution in [0.2, 0.25) is 0 Å². The third-order valence-electron chi connectivity index (χ3n) is 2.67. The van der Waals surface area contributed by atoms with Gasteiger partial charge in [-0.3, -0.25) is 4.79 Å². The highest BCUT2D eigenvalue weighted by Crippen LogP contribution is 2.18.